The molecule has 0 aromatic rings. The Labute approximate surface area is 116 Å². The molecule has 0 aromatic heterocycles. The fraction of sp³-hybridized carbons (Fsp3) is 1.00. The van der Waals surface area contributed by atoms with Gasteiger partial charge in [-0.1, -0.05) is 19.3 Å². The van der Waals surface area contributed by atoms with E-state index in [2.05, 4.69) is 28.2 Å². The molecule has 1 aliphatic heterocycles. The van der Waals surface area contributed by atoms with Gasteiger partial charge in [0, 0.05) is 36.5 Å². The number of hydrogen-bond donors (Lipinski definition) is 1. The second kappa shape index (κ2) is 5.72. The number of rotatable bonds is 2. The highest BCUT2D eigenvalue weighted by Crippen LogP contribution is 2.35. The van der Waals surface area contributed by atoms with Crippen LogP contribution in [-0.2, 0) is 0 Å². The predicted molar refractivity (Wildman–Crippen MR) is 80.3 cm³/mol. The van der Waals surface area contributed by atoms with Crippen LogP contribution in [0.25, 0.3) is 0 Å². The van der Waals surface area contributed by atoms with E-state index in [0.717, 1.165) is 11.3 Å². The third-order valence-electron chi connectivity index (χ3n) is 5.41. The fourth-order valence-corrected chi connectivity index (χ4v) is 5.17. The number of piperazine rings is 1. The molecule has 3 fully saturated rings. The molecule has 3 aliphatic rings. The lowest BCUT2D eigenvalue weighted by Crippen LogP contribution is -2.61. The zero-order valence-electron chi connectivity index (χ0n) is 11.8. The lowest BCUT2D eigenvalue weighted by molar-refractivity contribution is 0.0768. The standard InChI is InChI=1S/C15H28N2S/c1-18-14-6-4-5-13(11-14)17-10-9-16-15(12-17)7-2-3-8-15/h13-14,16H,2-12H2,1H3. The first kappa shape index (κ1) is 13.3. The molecule has 2 saturated carbocycles. The van der Waals surface area contributed by atoms with Gasteiger partial charge in [-0.15, -0.1) is 0 Å². The molecule has 2 nitrogen and oxygen atoms in total. The molecule has 2 atom stereocenters. The van der Waals surface area contributed by atoms with Gasteiger partial charge in [-0.25, -0.2) is 0 Å². The summed E-state index contributed by atoms with van der Waals surface area (Å²) in [7, 11) is 0. The van der Waals surface area contributed by atoms with Gasteiger partial charge in [-0.2, -0.15) is 11.8 Å². The van der Waals surface area contributed by atoms with Crippen molar-refractivity contribution in [1.29, 1.82) is 0 Å². The lowest BCUT2D eigenvalue weighted by Gasteiger charge is -2.46. The van der Waals surface area contributed by atoms with Gasteiger partial charge >= 0.3 is 0 Å². The van der Waals surface area contributed by atoms with Crippen molar-refractivity contribution in [2.24, 2.45) is 0 Å². The smallest absolute Gasteiger partial charge is 0.0309 e. The third kappa shape index (κ3) is 2.73. The van der Waals surface area contributed by atoms with Crippen LogP contribution in [0.1, 0.15) is 51.4 Å². The normalized spacial score (nSPS) is 37.2. The summed E-state index contributed by atoms with van der Waals surface area (Å²) in [6.07, 6.45) is 13.8. The molecule has 1 saturated heterocycles. The van der Waals surface area contributed by atoms with Crippen LogP contribution in [0, 0.1) is 0 Å². The van der Waals surface area contributed by atoms with Crippen LogP contribution in [0.4, 0.5) is 0 Å². The van der Waals surface area contributed by atoms with E-state index in [4.69, 9.17) is 0 Å². The second-order valence-electron chi connectivity index (χ2n) is 6.56. The van der Waals surface area contributed by atoms with Crippen LogP contribution in [0.2, 0.25) is 0 Å². The maximum atomic E-state index is 3.84. The first-order valence-corrected chi connectivity index (χ1v) is 9.12. The Kier molecular flexibility index (Phi) is 4.21. The average molecular weight is 268 g/mol. The molecule has 2 unspecified atom stereocenters. The minimum atomic E-state index is 0.505. The molecule has 1 N–H and O–H groups in total. The zero-order valence-corrected chi connectivity index (χ0v) is 12.6. The van der Waals surface area contributed by atoms with Crippen LogP contribution >= 0.6 is 11.8 Å². The van der Waals surface area contributed by atoms with E-state index in [9.17, 15) is 0 Å². The number of nitrogens with zero attached hydrogens (tertiary/aromatic N) is 1. The van der Waals surface area contributed by atoms with Crippen molar-refractivity contribution in [3.05, 3.63) is 0 Å². The molecule has 3 rings (SSSR count). The maximum absolute atomic E-state index is 3.84. The number of hydrogen-bond acceptors (Lipinski definition) is 3. The number of thioether (sulfide) groups is 1. The molecule has 3 heteroatoms. The Morgan fingerprint density at radius 3 is 2.78 bits per heavy atom. The highest BCUT2D eigenvalue weighted by atomic mass is 32.2. The van der Waals surface area contributed by atoms with Gasteiger partial charge in [0.15, 0.2) is 0 Å². The highest BCUT2D eigenvalue weighted by Gasteiger charge is 2.40. The minimum Gasteiger partial charge on any atom is -0.309 e. The Balaban J connectivity index is 1.61. The van der Waals surface area contributed by atoms with Crippen molar-refractivity contribution in [2.75, 3.05) is 25.9 Å². The molecule has 0 amide bonds. The van der Waals surface area contributed by atoms with E-state index in [1.807, 2.05) is 0 Å². The first-order valence-electron chi connectivity index (χ1n) is 7.83. The molecule has 1 heterocycles. The van der Waals surface area contributed by atoms with Gasteiger partial charge in [0.2, 0.25) is 0 Å². The van der Waals surface area contributed by atoms with Crippen molar-refractivity contribution in [3.8, 4) is 0 Å². The summed E-state index contributed by atoms with van der Waals surface area (Å²) in [5.41, 5.74) is 0.505. The summed E-state index contributed by atoms with van der Waals surface area (Å²) >= 11 is 2.09. The van der Waals surface area contributed by atoms with E-state index < -0.39 is 0 Å². The maximum Gasteiger partial charge on any atom is 0.0309 e. The van der Waals surface area contributed by atoms with Crippen LogP contribution in [-0.4, -0.2) is 47.6 Å². The average Bonchev–Trinajstić information content (AvgIpc) is 2.87. The summed E-state index contributed by atoms with van der Waals surface area (Å²) in [5.74, 6) is 0. The van der Waals surface area contributed by atoms with Crippen molar-refractivity contribution < 1.29 is 0 Å². The van der Waals surface area contributed by atoms with Gasteiger partial charge in [0.05, 0.1) is 0 Å². The Bertz CT molecular complexity index is 276. The van der Waals surface area contributed by atoms with Gasteiger partial charge in [-0.05, 0) is 38.4 Å². The molecule has 2 aliphatic carbocycles. The Morgan fingerprint density at radius 2 is 2.00 bits per heavy atom. The first-order chi connectivity index (χ1) is 8.81. The third-order valence-corrected chi connectivity index (χ3v) is 6.51. The SMILES string of the molecule is CSC1CCCC(N2CCNC3(CCCC3)C2)C1. The molecular weight excluding hydrogens is 240 g/mol. The van der Waals surface area contributed by atoms with Crippen molar-refractivity contribution in [3.63, 3.8) is 0 Å². The van der Waals surface area contributed by atoms with E-state index in [1.165, 1.54) is 71.0 Å². The van der Waals surface area contributed by atoms with Gasteiger partial charge < -0.3 is 5.32 Å². The topological polar surface area (TPSA) is 15.3 Å². The number of nitrogens with one attached hydrogen (secondary N) is 1. The fourth-order valence-electron chi connectivity index (χ4n) is 4.35. The van der Waals surface area contributed by atoms with Crippen LogP contribution < -0.4 is 5.32 Å². The van der Waals surface area contributed by atoms with Crippen molar-refractivity contribution in [1.82, 2.24) is 10.2 Å². The Hall–Kier alpha value is 0.270. The van der Waals surface area contributed by atoms with E-state index in [0.29, 0.717) is 5.54 Å². The van der Waals surface area contributed by atoms with Crippen molar-refractivity contribution in [2.45, 2.75) is 68.2 Å². The largest absolute Gasteiger partial charge is 0.309 e. The summed E-state index contributed by atoms with van der Waals surface area (Å²) in [4.78, 5) is 2.84. The summed E-state index contributed by atoms with van der Waals surface area (Å²) in [6.45, 7) is 3.84. The monoisotopic (exact) mass is 268 g/mol. The second-order valence-corrected chi connectivity index (χ2v) is 7.70. The van der Waals surface area contributed by atoms with Gasteiger partial charge in [-0.3, -0.25) is 4.90 Å². The predicted octanol–water partition coefficient (Wildman–Crippen LogP) is 2.88. The van der Waals surface area contributed by atoms with Gasteiger partial charge in [0.25, 0.3) is 0 Å². The van der Waals surface area contributed by atoms with E-state index >= 15 is 0 Å². The Morgan fingerprint density at radius 1 is 1.17 bits per heavy atom. The van der Waals surface area contributed by atoms with Crippen LogP contribution in [0.5, 0.6) is 0 Å². The lowest BCUT2D eigenvalue weighted by atomic mass is 9.89. The van der Waals surface area contributed by atoms with Crippen LogP contribution in [0.3, 0.4) is 0 Å². The van der Waals surface area contributed by atoms with E-state index in [1.54, 1.807) is 0 Å². The zero-order chi connectivity index (χ0) is 12.4. The molecule has 0 aromatic carbocycles. The molecule has 0 bridgehead atoms. The summed E-state index contributed by atoms with van der Waals surface area (Å²) < 4.78 is 0. The molecule has 104 valence electrons. The van der Waals surface area contributed by atoms with Crippen LogP contribution in [0.15, 0.2) is 0 Å². The summed E-state index contributed by atoms with van der Waals surface area (Å²) in [5, 5.41) is 4.77. The molecule has 1 spiro atoms. The van der Waals surface area contributed by atoms with Crippen molar-refractivity contribution >= 4 is 11.8 Å². The van der Waals surface area contributed by atoms with Gasteiger partial charge in [0.1, 0.15) is 0 Å². The molecule has 18 heavy (non-hydrogen) atoms. The highest BCUT2D eigenvalue weighted by molar-refractivity contribution is 7.99. The molecular formula is C15H28N2S. The quantitative estimate of drug-likeness (QED) is 0.829. The summed E-state index contributed by atoms with van der Waals surface area (Å²) in [6, 6.07) is 0.885. The van der Waals surface area contributed by atoms with E-state index in [-0.39, 0.29) is 0 Å². The molecule has 0 radical (unpaired) electrons. The minimum absolute atomic E-state index is 0.505.